The van der Waals surface area contributed by atoms with Gasteiger partial charge in [-0.2, -0.15) is 0 Å². The molecule has 0 saturated carbocycles. The molecular weight excluding hydrogens is 234 g/mol. The third-order valence-electron chi connectivity index (χ3n) is 1.80. The molecule has 2 amide bonds. The molecule has 1 rings (SSSR count). The van der Waals surface area contributed by atoms with Gasteiger partial charge in [-0.1, -0.05) is 12.1 Å². The Morgan fingerprint density at radius 1 is 1.40 bits per heavy atom. The van der Waals surface area contributed by atoms with Gasteiger partial charge in [0.1, 0.15) is 0 Å². The first-order valence-electron chi connectivity index (χ1n) is 3.97. The molecule has 0 atom stereocenters. The summed E-state index contributed by atoms with van der Waals surface area (Å²) in [7, 11) is 2.20. The zero-order valence-corrected chi connectivity index (χ0v) is 9.47. The average Bonchev–Trinajstić information content (AvgIpc) is 2.26. The van der Waals surface area contributed by atoms with Crippen LogP contribution in [0.3, 0.4) is 0 Å². The highest BCUT2D eigenvalue weighted by Gasteiger charge is 2.19. The maximum atomic E-state index is 11.7. The minimum absolute atomic E-state index is 0.308. The summed E-state index contributed by atoms with van der Waals surface area (Å²) in [5.74, 6) is -0.574. The number of carboxylic acid groups (broad SMARTS) is 1. The van der Waals surface area contributed by atoms with E-state index in [1.165, 1.54) is 7.05 Å². The smallest absolute Gasteiger partial charge is 0.414 e. The van der Waals surface area contributed by atoms with Gasteiger partial charge in [0, 0.05) is 11.9 Å². The Morgan fingerprint density at radius 3 is 2.53 bits per heavy atom. The summed E-state index contributed by atoms with van der Waals surface area (Å²) in [6.45, 7) is 0. The lowest BCUT2D eigenvalue weighted by molar-refractivity contribution is 0.0778. The van der Waals surface area contributed by atoms with Gasteiger partial charge in [-0.05, 0) is 34.6 Å². The first-order valence-corrected chi connectivity index (χ1v) is 5.72. The Labute approximate surface area is 96.1 Å². The molecule has 79 valence electrons. The fourth-order valence-electron chi connectivity index (χ4n) is 0.984. The number of carbonyl (C=O) groups excluding carboxylic acids is 1. The first-order chi connectivity index (χ1) is 7.07. The monoisotopic (exact) mass is 242 g/mol. The van der Waals surface area contributed by atoms with Gasteiger partial charge in [-0.15, -0.1) is 0 Å². The topological polar surface area (TPSA) is 57.6 Å². The Hall–Kier alpha value is -1.14. The molecule has 0 bridgehead atoms. The second-order valence-corrected chi connectivity index (χ2v) is 3.83. The van der Waals surface area contributed by atoms with Crippen LogP contribution in [0.1, 0.15) is 10.4 Å². The molecule has 0 aliphatic rings. The molecule has 1 aromatic carbocycles. The lowest BCUT2D eigenvalue weighted by atomic mass is 10.2. The molecule has 4 nitrogen and oxygen atoms in total. The molecule has 1 N–H and O–H groups in total. The number of carbonyl (C=O) groups is 2. The van der Waals surface area contributed by atoms with E-state index in [2.05, 4.69) is 0 Å². The van der Waals surface area contributed by atoms with E-state index in [1.807, 2.05) is 0 Å². The van der Waals surface area contributed by atoms with E-state index in [4.69, 9.17) is 16.8 Å². The van der Waals surface area contributed by atoms with E-state index < -0.39 is 12.0 Å². The summed E-state index contributed by atoms with van der Waals surface area (Å²) in [5.41, 5.74) is 0.308. The summed E-state index contributed by atoms with van der Waals surface area (Å²) in [5, 5.41) is 8.65. The molecule has 0 aliphatic heterocycles. The molecular formula is C9H8NO3S2. The zero-order chi connectivity index (χ0) is 11.4. The van der Waals surface area contributed by atoms with Crippen molar-refractivity contribution in [2.24, 2.45) is 0 Å². The van der Waals surface area contributed by atoms with E-state index in [1.54, 1.807) is 24.3 Å². The van der Waals surface area contributed by atoms with Crippen molar-refractivity contribution in [1.29, 1.82) is 0 Å². The summed E-state index contributed by atoms with van der Waals surface area (Å²) in [6.07, 6.45) is -1.29. The SMILES string of the molecule is CN(C(=O)O)C(=O)c1ccccc1S[S]. The largest absolute Gasteiger partial charge is 0.465 e. The second-order valence-electron chi connectivity index (χ2n) is 2.73. The highest BCUT2D eigenvalue weighted by Crippen LogP contribution is 2.26. The quantitative estimate of drug-likeness (QED) is 0.810. The Bertz CT molecular complexity index is 395. The van der Waals surface area contributed by atoms with E-state index in [9.17, 15) is 9.59 Å². The number of imide groups is 1. The van der Waals surface area contributed by atoms with Crippen molar-refractivity contribution in [2.75, 3.05) is 7.05 Å². The number of nitrogens with zero attached hydrogens (tertiary/aromatic N) is 1. The van der Waals surface area contributed by atoms with E-state index in [0.717, 1.165) is 10.8 Å². The van der Waals surface area contributed by atoms with Gasteiger partial charge in [0.25, 0.3) is 5.91 Å². The third kappa shape index (κ3) is 2.66. The molecule has 0 spiro atoms. The highest BCUT2D eigenvalue weighted by molar-refractivity contribution is 8.68. The summed E-state index contributed by atoms with van der Waals surface area (Å²) in [4.78, 5) is 23.5. The van der Waals surface area contributed by atoms with Crippen molar-refractivity contribution >= 4 is 34.5 Å². The Kier molecular flexibility index (Phi) is 4.05. The minimum Gasteiger partial charge on any atom is -0.465 e. The maximum absolute atomic E-state index is 11.7. The predicted octanol–water partition coefficient (Wildman–Crippen LogP) is 2.64. The van der Waals surface area contributed by atoms with E-state index in [0.29, 0.717) is 15.4 Å². The summed E-state index contributed by atoms with van der Waals surface area (Å²) in [6, 6.07) is 6.64. The van der Waals surface area contributed by atoms with Crippen LogP contribution in [-0.4, -0.2) is 29.1 Å². The van der Waals surface area contributed by atoms with Crippen LogP contribution in [0.15, 0.2) is 29.2 Å². The van der Waals surface area contributed by atoms with Crippen LogP contribution in [0.5, 0.6) is 0 Å². The molecule has 1 radical (unpaired) electrons. The predicted molar refractivity (Wildman–Crippen MR) is 60.0 cm³/mol. The molecule has 0 saturated heterocycles. The van der Waals surface area contributed by atoms with E-state index >= 15 is 0 Å². The van der Waals surface area contributed by atoms with Gasteiger partial charge in [-0.25, -0.2) is 9.69 Å². The fraction of sp³-hybridized carbons (Fsp3) is 0.111. The average molecular weight is 242 g/mol. The molecule has 0 fully saturated rings. The van der Waals surface area contributed by atoms with Gasteiger partial charge < -0.3 is 5.11 Å². The number of amides is 2. The van der Waals surface area contributed by atoms with E-state index in [-0.39, 0.29) is 0 Å². The third-order valence-corrected chi connectivity index (χ3v) is 2.87. The van der Waals surface area contributed by atoms with Gasteiger partial charge in [-0.3, -0.25) is 4.79 Å². The van der Waals surface area contributed by atoms with Gasteiger partial charge >= 0.3 is 6.09 Å². The van der Waals surface area contributed by atoms with Crippen molar-refractivity contribution in [2.45, 2.75) is 4.90 Å². The minimum atomic E-state index is -1.29. The number of hydrogen-bond donors (Lipinski definition) is 1. The Morgan fingerprint density at radius 2 is 2.00 bits per heavy atom. The molecule has 6 heteroatoms. The van der Waals surface area contributed by atoms with Crippen LogP contribution in [0.25, 0.3) is 0 Å². The van der Waals surface area contributed by atoms with Gasteiger partial charge in [0.05, 0.1) is 5.56 Å². The highest BCUT2D eigenvalue weighted by atomic mass is 33.1. The number of rotatable bonds is 2. The molecule has 0 unspecified atom stereocenters. The van der Waals surface area contributed by atoms with Crippen molar-refractivity contribution < 1.29 is 14.7 Å². The molecule has 1 aromatic rings. The van der Waals surface area contributed by atoms with Crippen LogP contribution < -0.4 is 0 Å². The Balaban J connectivity index is 3.05. The summed E-state index contributed by atoms with van der Waals surface area (Å²) >= 11 is 4.78. The van der Waals surface area contributed by atoms with Crippen molar-refractivity contribution in [3.63, 3.8) is 0 Å². The van der Waals surface area contributed by atoms with Crippen molar-refractivity contribution in [3.8, 4) is 0 Å². The zero-order valence-electron chi connectivity index (χ0n) is 7.84. The van der Waals surface area contributed by atoms with Crippen LogP contribution in [0.4, 0.5) is 4.79 Å². The number of benzene rings is 1. The van der Waals surface area contributed by atoms with Gasteiger partial charge in [0.15, 0.2) is 0 Å². The van der Waals surface area contributed by atoms with Crippen LogP contribution >= 0.6 is 22.5 Å². The lowest BCUT2D eigenvalue weighted by Crippen LogP contribution is -2.31. The fourth-order valence-corrected chi connectivity index (χ4v) is 1.80. The number of hydrogen-bond acceptors (Lipinski definition) is 3. The molecule has 0 aliphatic carbocycles. The van der Waals surface area contributed by atoms with Crippen LogP contribution in [0, 0.1) is 0 Å². The molecule has 0 heterocycles. The second kappa shape index (κ2) is 5.09. The lowest BCUT2D eigenvalue weighted by Gasteiger charge is -2.12. The van der Waals surface area contributed by atoms with Crippen molar-refractivity contribution in [1.82, 2.24) is 4.90 Å². The molecule has 15 heavy (non-hydrogen) atoms. The van der Waals surface area contributed by atoms with Crippen LogP contribution in [-0.2, 0) is 0 Å². The first kappa shape index (κ1) is 11.9. The van der Waals surface area contributed by atoms with Crippen molar-refractivity contribution in [3.05, 3.63) is 29.8 Å². The van der Waals surface area contributed by atoms with Crippen LogP contribution in [0.2, 0.25) is 0 Å². The maximum Gasteiger partial charge on any atom is 0.414 e. The van der Waals surface area contributed by atoms with Gasteiger partial charge in [0.2, 0.25) is 0 Å². The normalized spacial score (nSPS) is 9.73. The standard InChI is InChI=1S/C9H8NO3S2/c1-10(9(12)13)8(11)6-4-2-3-5-7(6)15-14/h2-5H,1H3,(H,12,13). The molecule has 0 aromatic heterocycles. The summed E-state index contributed by atoms with van der Waals surface area (Å²) < 4.78 is 0.